The van der Waals surface area contributed by atoms with Crippen LogP contribution in [0.15, 0.2) is 55.0 Å². The lowest BCUT2D eigenvalue weighted by atomic mass is 10.1. The van der Waals surface area contributed by atoms with Gasteiger partial charge in [0.25, 0.3) is 5.91 Å². The number of amides is 1. The molecule has 2 heterocycles. The molecular formula is C18H15ClN6O. The Kier molecular flexibility index (Phi) is 4.37. The molecule has 2 N–H and O–H groups in total. The van der Waals surface area contributed by atoms with Crippen LogP contribution in [0.3, 0.4) is 0 Å². The van der Waals surface area contributed by atoms with Gasteiger partial charge in [-0.2, -0.15) is 4.68 Å². The third-order valence-corrected chi connectivity index (χ3v) is 4.39. The number of nitrogens with zero attached hydrogens (tertiary/aromatic N) is 4. The van der Waals surface area contributed by atoms with Crippen molar-refractivity contribution in [3.05, 3.63) is 71.1 Å². The number of H-pyrrole nitrogens is 1. The number of fused-ring (bicyclic) bond motifs is 1. The summed E-state index contributed by atoms with van der Waals surface area (Å²) in [6, 6.07) is 13.1. The molecule has 0 aliphatic heterocycles. The van der Waals surface area contributed by atoms with Crippen LogP contribution >= 0.6 is 11.6 Å². The van der Waals surface area contributed by atoms with Gasteiger partial charge in [-0.3, -0.25) is 4.79 Å². The number of aromatic amines is 1. The fraction of sp³-hybridized carbons (Fsp3) is 0.111. The average molecular weight is 367 g/mol. The minimum absolute atomic E-state index is 0.224. The van der Waals surface area contributed by atoms with Gasteiger partial charge >= 0.3 is 0 Å². The number of benzene rings is 2. The van der Waals surface area contributed by atoms with Crippen molar-refractivity contribution in [2.75, 3.05) is 6.54 Å². The number of carbonyl (C=O) groups excluding carboxylic acids is 1. The summed E-state index contributed by atoms with van der Waals surface area (Å²) in [4.78, 5) is 15.9. The van der Waals surface area contributed by atoms with Gasteiger partial charge in [-0.15, -0.1) is 5.10 Å². The molecule has 0 fully saturated rings. The van der Waals surface area contributed by atoms with Crippen molar-refractivity contribution >= 4 is 28.4 Å². The van der Waals surface area contributed by atoms with Crippen molar-refractivity contribution in [2.24, 2.45) is 0 Å². The summed E-state index contributed by atoms with van der Waals surface area (Å²) in [5, 5.41) is 15.6. The zero-order chi connectivity index (χ0) is 17.9. The summed E-state index contributed by atoms with van der Waals surface area (Å²) in [6.45, 7) is 0.502. The number of carbonyl (C=O) groups is 1. The van der Waals surface area contributed by atoms with E-state index < -0.39 is 0 Å². The normalized spacial score (nSPS) is 11.0. The quantitative estimate of drug-likeness (QED) is 0.568. The van der Waals surface area contributed by atoms with Crippen molar-refractivity contribution in [3.8, 4) is 5.69 Å². The number of hydrogen-bond acceptors (Lipinski definition) is 4. The highest BCUT2D eigenvalue weighted by atomic mass is 35.5. The predicted molar refractivity (Wildman–Crippen MR) is 98.5 cm³/mol. The molecule has 7 nitrogen and oxygen atoms in total. The predicted octanol–water partition coefficient (Wildman–Crippen LogP) is 2.77. The molecule has 0 radical (unpaired) electrons. The molecule has 0 unspecified atom stereocenters. The minimum atomic E-state index is -0.224. The third-order valence-electron chi connectivity index (χ3n) is 4.15. The minimum Gasteiger partial charge on any atom is -0.361 e. The van der Waals surface area contributed by atoms with Crippen molar-refractivity contribution in [1.29, 1.82) is 0 Å². The maximum absolute atomic E-state index is 12.6. The summed E-state index contributed by atoms with van der Waals surface area (Å²) in [6.07, 6.45) is 4.13. The molecule has 0 aliphatic carbocycles. The van der Waals surface area contributed by atoms with Crippen molar-refractivity contribution in [2.45, 2.75) is 6.42 Å². The Morgan fingerprint density at radius 1 is 1.23 bits per heavy atom. The van der Waals surface area contributed by atoms with Gasteiger partial charge in [-0.05, 0) is 46.7 Å². The summed E-state index contributed by atoms with van der Waals surface area (Å²) in [5.41, 5.74) is 3.24. The average Bonchev–Trinajstić information content (AvgIpc) is 3.32. The number of halogens is 1. The molecular weight excluding hydrogens is 352 g/mol. The fourth-order valence-corrected chi connectivity index (χ4v) is 3.08. The van der Waals surface area contributed by atoms with Gasteiger partial charge in [0.2, 0.25) is 0 Å². The summed E-state index contributed by atoms with van der Waals surface area (Å²) < 4.78 is 1.44. The fourth-order valence-electron chi connectivity index (χ4n) is 2.91. The van der Waals surface area contributed by atoms with E-state index in [9.17, 15) is 4.79 Å². The molecule has 0 saturated carbocycles. The van der Waals surface area contributed by atoms with E-state index in [1.165, 1.54) is 16.4 Å². The first kappa shape index (κ1) is 16.3. The van der Waals surface area contributed by atoms with E-state index in [1.54, 1.807) is 18.2 Å². The summed E-state index contributed by atoms with van der Waals surface area (Å²) in [5.74, 6) is -0.224. The van der Waals surface area contributed by atoms with Crippen molar-refractivity contribution in [3.63, 3.8) is 0 Å². The van der Waals surface area contributed by atoms with Crippen molar-refractivity contribution < 1.29 is 4.79 Å². The molecule has 0 saturated heterocycles. The molecule has 0 spiro atoms. The molecule has 1 amide bonds. The standard InChI is InChI=1S/C18H15ClN6O/c19-13-5-6-17(25-11-22-23-24-25)15(9-13)18(26)20-8-7-12-10-21-16-4-2-1-3-14(12)16/h1-6,9-11,21H,7-8H2,(H,20,26). The third kappa shape index (κ3) is 3.16. The lowest BCUT2D eigenvalue weighted by molar-refractivity contribution is 0.0954. The van der Waals surface area contributed by atoms with Crippen LogP contribution in [0.4, 0.5) is 0 Å². The molecule has 0 bridgehead atoms. The van der Waals surface area contributed by atoms with Gasteiger partial charge in [0.15, 0.2) is 0 Å². The molecule has 4 aromatic rings. The zero-order valence-corrected chi connectivity index (χ0v) is 14.4. The van der Waals surface area contributed by atoms with Gasteiger partial charge in [0.1, 0.15) is 6.33 Å². The number of para-hydroxylation sites is 1. The van der Waals surface area contributed by atoms with Gasteiger partial charge < -0.3 is 10.3 Å². The highest BCUT2D eigenvalue weighted by Crippen LogP contribution is 2.20. The number of rotatable bonds is 5. The smallest absolute Gasteiger partial charge is 0.253 e. The Hall–Kier alpha value is -3.19. The number of aromatic nitrogens is 5. The first-order chi connectivity index (χ1) is 12.7. The van der Waals surface area contributed by atoms with Gasteiger partial charge in [-0.25, -0.2) is 0 Å². The number of hydrogen-bond donors (Lipinski definition) is 2. The van der Waals surface area contributed by atoms with E-state index in [0.29, 0.717) is 22.8 Å². The highest BCUT2D eigenvalue weighted by Gasteiger charge is 2.14. The zero-order valence-electron chi connectivity index (χ0n) is 13.7. The van der Waals surface area contributed by atoms with E-state index in [2.05, 4.69) is 31.9 Å². The van der Waals surface area contributed by atoms with E-state index in [1.807, 2.05) is 24.4 Å². The molecule has 0 atom stereocenters. The molecule has 0 aliphatic rings. The second-order valence-corrected chi connectivity index (χ2v) is 6.22. The van der Waals surface area contributed by atoms with E-state index in [-0.39, 0.29) is 5.91 Å². The molecule has 26 heavy (non-hydrogen) atoms. The largest absolute Gasteiger partial charge is 0.361 e. The van der Waals surface area contributed by atoms with Crippen LogP contribution in [-0.2, 0) is 6.42 Å². The summed E-state index contributed by atoms with van der Waals surface area (Å²) >= 11 is 6.06. The van der Waals surface area contributed by atoms with Crippen LogP contribution in [0.1, 0.15) is 15.9 Å². The van der Waals surface area contributed by atoms with E-state index in [4.69, 9.17) is 11.6 Å². The Labute approximate surface area is 154 Å². The summed E-state index contributed by atoms with van der Waals surface area (Å²) in [7, 11) is 0. The first-order valence-electron chi connectivity index (χ1n) is 8.08. The van der Waals surface area contributed by atoms with Crippen LogP contribution < -0.4 is 5.32 Å². The van der Waals surface area contributed by atoms with Crippen LogP contribution in [0.5, 0.6) is 0 Å². The number of tetrazole rings is 1. The van der Waals surface area contributed by atoms with Crippen LogP contribution in [0, 0.1) is 0 Å². The maximum atomic E-state index is 12.6. The van der Waals surface area contributed by atoms with E-state index in [0.717, 1.165) is 17.5 Å². The maximum Gasteiger partial charge on any atom is 0.253 e. The van der Waals surface area contributed by atoms with Gasteiger partial charge in [0, 0.05) is 28.7 Å². The SMILES string of the molecule is O=C(NCCc1c[nH]c2ccccc12)c1cc(Cl)ccc1-n1cnnn1. The Balaban J connectivity index is 1.49. The van der Waals surface area contributed by atoms with Gasteiger partial charge in [-0.1, -0.05) is 29.8 Å². The van der Waals surface area contributed by atoms with Crippen LogP contribution in [-0.4, -0.2) is 37.6 Å². The second kappa shape index (κ2) is 6.97. The molecule has 2 aromatic heterocycles. The Morgan fingerprint density at radius 3 is 2.96 bits per heavy atom. The highest BCUT2D eigenvalue weighted by molar-refractivity contribution is 6.31. The Bertz CT molecular complexity index is 1060. The molecule has 8 heteroatoms. The lowest BCUT2D eigenvalue weighted by Crippen LogP contribution is -2.27. The van der Waals surface area contributed by atoms with Crippen LogP contribution in [0.2, 0.25) is 5.02 Å². The topological polar surface area (TPSA) is 88.5 Å². The second-order valence-electron chi connectivity index (χ2n) is 5.78. The number of nitrogens with one attached hydrogen (secondary N) is 2. The lowest BCUT2D eigenvalue weighted by Gasteiger charge is -2.10. The van der Waals surface area contributed by atoms with Crippen LogP contribution in [0.25, 0.3) is 16.6 Å². The molecule has 4 rings (SSSR count). The molecule has 2 aromatic carbocycles. The van der Waals surface area contributed by atoms with E-state index >= 15 is 0 Å². The monoisotopic (exact) mass is 366 g/mol. The van der Waals surface area contributed by atoms with Gasteiger partial charge in [0.05, 0.1) is 11.3 Å². The Morgan fingerprint density at radius 2 is 2.12 bits per heavy atom. The van der Waals surface area contributed by atoms with Crippen molar-refractivity contribution in [1.82, 2.24) is 30.5 Å². The first-order valence-corrected chi connectivity index (χ1v) is 8.46. The molecule has 130 valence electrons.